The third kappa shape index (κ3) is 2.26. The van der Waals surface area contributed by atoms with Crippen molar-refractivity contribution in [2.75, 3.05) is 11.1 Å². The standard InChI is InChI=1S/C15H18N4/c1-2-11-10-17-14(16)18-13(11)19-15(8-9-15)12-6-4-3-5-7-12/h3-7,10H,2,8-9H2,1H3,(H3,16,17,18,19). The summed E-state index contributed by atoms with van der Waals surface area (Å²) >= 11 is 0. The highest BCUT2D eigenvalue weighted by Crippen LogP contribution is 2.48. The number of nitrogens with one attached hydrogen (secondary N) is 1. The lowest BCUT2D eigenvalue weighted by Gasteiger charge is -2.20. The fraction of sp³-hybridized carbons (Fsp3) is 0.333. The number of nitrogens with two attached hydrogens (primary N) is 1. The summed E-state index contributed by atoms with van der Waals surface area (Å²) in [4.78, 5) is 8.41. The Hall–Kier alpha value is -2.10. The second-order valence-corrected chi connectivity index (χ2v) is 5.03. The minimum absolute atomic E-state index is 0.0337. The van der Waals surface area contributed by atoms with Crippen LogP contribution < -0.4 is 11.1 Å². The van der Waals surface area contributed by atoms with Crippen LogP contribution in [0.25, 0.3) is 0 Å². The van der Waals surface area contributed by atoms with Gasteiger partial charge >= 0.3 is 0 Å². The van der Waals surface area contributed by atoms with Gasteiger partial charge in [0.05, 0.1) is 5.54 Å². The first-order valence-corrected chi connectivity index (χ1v) is 6.68. The number of aromatic nitrogens is 2. The zero-order valence-electron chi connectivity index (χ0n) is 11.1. The van der Waals surface area contributed by atoms with Crippen molar-refractivity contribution in [2.45, 2.75) is 31.7 Å². The number of nitrogen functional groups attached to an aromatic ring is 1. The van der Waals surface area contributed by atoms with Crippen LogP contribution in [0.1, 0.15) is 30.9 Å². The molecule has 3 N–H and O–H groups in total. The maximum Gasteiger partial charge on any atom is 0.221 e. The molecule has 1 aromatic heterocycles. The smallest absolute Gasteiger partial charge is 0.221 e. The summed E-state index contributed by atoms with van der Waals surface area (Å²) in [5.41, 5.74) is 8.15. The van der Waals surface area contributed by atoms with E-state index in [0.717, 1.165) is 30.6 Å². The van der Waals surface area contributed by atoms with Crippen molar-refractivity contribution in [2.24, 2.45) is 0 Å². The van der Waals surface area contributed by atoms with Crippen LogP contribution in [0.5, 0.6) is 0 Å². The zero-order valence-corrected chi connectivity index (χ0v) is 11.1. The van der Waals surface area contributed by atoms with E-state index in [1.807, 2.05) is 12.3 Å². The molecule has 98 valence electrons. The SMILES string of the molecule is CCc1cnc(N)nc1NC1(c2ccccc2)CC1. The largest absolute Gasteiger partial charge is 0.368 e. The number of benzene rings is 1. The van der Waals surface area contributed by atoms with Crippen LogP contribution in [0.3, 0.4) is 0 Å². The fourth-order valence-electron chi connectivity index (χ4n) is 2.38. The monoisotopic (exact) mass is 254 g/mol. The van der Waals surface area contributed by atoms with Crippen LogP contribution in [0.15, 0.2) is 36.5 Å². The summed E-state index contributed by atoms with van der Waals surface area (Å²) in [5, 5.41) is 3.57. The molecule has 0 spiro atoms. The van der Waals surface area contributed by atoms with Gasteiger partial charge in [0, 0.05) is 11.8 Å². The predicted octanol–water partition coefficient (Wildman–Crippen LogP) is 2.72. The second-order valence-electron chi connectivity index (χ2n) is 5.03. The van der Waals surface area contributed by atoms with Crippen LogP contribution in [-0.4, -0.2) is 9.97 Å². The first-order chi connectivity index (χ1) is 9.23. The number of hydrogen-bond acceptors (Lipinski definition) is 4. The van der Waals surface area contributed by atoms with E-state index in [-0.39, 0.29) is 5.54 Å². The van der Waals surface area contributed by atoms with E-state index in [2.05, 4.69) is 46.5 Å². The van der Waals surface area contributed by atoms with E-state index < -0.39 is 0 Å². The molecular weight excluding hydrogens is 236 g/mol. The molecule has 1 fully saturated rings. The third-order valence-electron chi connectivity index (χ3n) is 3.70. The lowest BCUT2D eigenvalue weighted by atomic mass is 10.0. The second kappa shape index (κ2) is 4.53. The highest BCUT2D eigenvalue weighted by molar-refractivity contribution is 5.52. The minimum Gasteiger partial charge on any atom is -0.368 e. The molecule has 0 unspecified atom stereocenters. The lowest BCUT2D eigenvalue weighted by Crippen LogP contribution is -2.21. The van der Waals surface area contributed by atoms with Crippen LogP contribution >= 0.6 is 0 Å². The summed E-state index contributed by atoms with van der Waals surface area (Å²) in [6.07, 6.45) is 4.97. The Morgan fingerprint density at radius 3 is 2.63 bits per heavy atom. The molecular formula is C15H18N4. The van der Waals surface area contributed by atoms with Gasteiger partial charge in [-0.25, -0.2) is 4.98 Å². The Balaban J connectivity index is 1.92. The molecule has 1 aromatic carbocycles. The maximum atomic E-state index is 5.70. The van der Waals surface area contributed by atoms with Crippen LogP contribution in [0, 0.1) is 0 Å². The Kier molecular flexibility index (Phi) is 2.85. The summed E-state index contributed by atoms with van der Waals surface area (Å²) < 4.78 is 0. The maximum absolute atomic E-state index is 5.70. The number of rotatable bonds is 4. The van der Waals surface area contributed by atoms with E-state index in [0.29, 0.717) is 5.95 Å². The van der Waals surface area contributed by atoms with Gasteiger partial charge in [-0.2, -0.15) is 4.98 Å². The molecule has 3 rings (SSSR count). The average molecular weight is 254 g/mol. The van der Waals surface area contributed by atoms with Gasteiger partial charge in [-0.1, -0.05) is 37.3 Å². The van der Waals surface area contributed by atoms with Crippen molar-refractivity contribution in [1.82, 2.24) is 9.97 Å². The predicted molar refractivity (Wildman–Crippen MR) is 76.8 cm³/mol. The van der Waals surface area contributed by atoms with E-state index in [1.165, 1.54) is 5.56 Å². The van der Waals surface area contributed by atoms with Crippen LogP contribution in [0.2, 0.25) is 0 Å². The van der Waals surface area contributed by atoms with Crippen molar-refractivity contribution >= 4 is 11.8 Å². The molecule has 19 heavy (non-hydrogen) atoms. The van der Waals surface area contributed by atoms with Crippen molar-refractivity contribution in [3.63, 3.8) is 0 Å². The van der Waals surface area contributed by atoms with Gasteiger partial charge in [-0.3, -0.25) is 0 Å². The normalized spacial score (nSPS) is 16.1. The molecule has 0 radical (unpaired) electrons. The van der Waals surface area contributed by atoms with Gasteiger partial charge in [0.25, 0.3) is 0 Å². The van der Waals surface area contributed by atoms with Crippen molar-refractivity contribution in [3.8, 4) is 0 Å². The molecule has 4 heteroatoms. The topological polar surface area (TPSA) is 63.8 Å². The van der Waals surface area contributed by atoms with Crippen molar-refractivity contribution in [1.29, 1.82) is 0 Å². The fourth-order valence-corrected chi connectivity index (χ4v) is 2.38. The number of aryl methyl sites for hydroxylation is 1. The van der Waals surface area contributed by atoms with Gasteiger partial charge in [0.2, 0.25) is 5.95 Å². The molecule has 0 saturated heterocycles. The minimum atomic E-state index is 0.0337. The van der Waals surface area contributed by atoms with Gasteiger partial charge < -0.3 is 11.1 Å². The highest BCUT2D eigenvalue weighted by atomic mass is 15.1. The van der Waals surface area contributed by atoms with Gasteiger partial charge in [-0.05, 0) is 24.8 Å². The number of anilines is 2. The van der Waals surface area contributed by atoms with Crippen LogP contribution in [0.4, 0.5) is 11.8 Å². The molecule has 0 aliphatic heterocycles. The van der Waals surface area contributed by atoms with E-state index in [1.54, 1.807) is 0 Å². The van der Waals surface area contributed by atoms with E-state index >= 15 is 0 Å². The molecule has 4 nitrogen and oxygen atoms in total. The number of hydrogen-bond donors (Lipinski definition) is 2. The molecule has 2 aromatic rings. The summed E-state index contributed by atoms with van der Waals surface area (Å²) in [6, 6.07) is 10.5. The van der Waals surface area contributed by atoms with E-state index in [9.17, 15) is 0 Å². The molecule has 1 aliphatic carbocycles. The average Bonchev–Trinajstić information content (AvgIpc) is 3.21. The Labute approximate surface area is 113 Å². The molecule has 1 heterocycles. The zero-order chi connectivity index (χ0) is 13.3. The number of nitrogens with zero attached hydrogens (tertiary/aromatic N) is 2. The highest BCUT2D eigenvalue weighted by Gasteiger charge is 2.44. The quantitative estimate of drug-likeness (QED) is 0.880. The molecule has 0 bridgehead atoms. The summed E-state index contributed by atoms with van der Waals surface area (Å²) in [5.74, 6) is 1.19. The van der Waals surface area contributed by atoms with Crippen molar-refractivity contribution < 1.29 is 0 Å². The van der Waals surface area contributed by atoms with Gasteiger partial charge in [0.15, 0.2) is 0 Å². The molecule has 0 amide bonds. The Morgan fingerprint density at radius 1 is 1.26 bits per heavy atom. The van der Waals surface area contributed by atoms with Crippen molar-refractivity contribution in [3.05, 3.63) is 47.7 Å². The lowest BCUT2D eigenvalue weighted by molar-refractivity contribution is 0.794. The molecule has 0 atom stereocenters. The Bertz CT molecular complexity index is 576. The third-order valence-corrected chi connectivity index (χ3v) is 3.70. The first kappa shape index (κ1) is 12.0. The molecule has 1 saturated carbocycles. The summed E-state index contributed by atoms with van der Waals surface area (Å²) in [6.45, 7) is 2.10. The van der Waals surface area contributed by atoms with Gasteiger partial charge in [0.1, 0.15) is 5.82 Å². The first-order valence-electron chi connectivity index (χ1n) is 6.68. The van der Waals surface area contributed by atoms with Gasteiger partial charge in [-0.15, -0.1) is 0 Å². The Morgan fingerprint density at radius 2 is 2.00 bits per heavy atom. The molecule has 1 aliphatic rings. The van der Waals surface area contributed by atoms with Crippen LogP contribution in [-0.2, 0) is 12.0 Å². The summed E-state index contributed by atoms with van der Waals surface area (Å²) in [7, 11) is 0. The van der Waals surface area contributed by atoms with E-state index in [4.69, 9.17) is 5.73 Å².